The Hall–Kier alpha value is -2.47. The van der Waals surface area contributed by atoms with Gasteiger partial charge in [-0.1, -0.05) is 18.2 Å². The summed E-state index contributed by atoms with van der Waals surface area (Å²) in [7, 11) is -7.96. The Morgan fingerprint density at radius 2 is 1.73 bits per heavy atom. The minimum Gasteiger partial charge on any atom is -0.454 e. The molecule has 1 N–H and O–H groups in total. The first-order chi connectivity index (χ1) is 14.3. The molecule has 0 saturated heterocycles. The molecular weight excluding hydrogens is 453 g/mol. The lowest BCUT2D eigenvalue weighted by atomic mass is 10.1. The molecule has 0 amide bonds. The number of nitrogens with one attached hydrogen (secondary N) is 1. The molecule has 2 heterocycles. The summed E-state index contributed by atoms with van der Waals surface area (Å²) in [5, 5.41) is 0.381. The van der Waals surface area contributed by atoms with Gasteiger partial charge in [0.1, 0.15) is 15.3 Å². The topological polar surface area (TPSA) is 98.8 Å². The van der Waals surface area contributed by atoms with Gasteiger partial charge in [-0.15, -0.1) is 11.3 Å². The first kappa shape index (κ1) is 20.8. The Bertz CT molecular complexity index is 1260. The van der Waals surface area contributed by atoms with Crippen molar-refractivity contribution in [2.45, 2.75) is 14.4 Å². The Morgan fingerprint density at radius 1 is 1.00 bits per heavy atom. The molecule has 0 bridgehead atoms. The van der Waals surface area contributed by atoms with E-state index in [4.69, 9.17) is 9.47 Å². The number of sulfonamides is 1. The highest BCUT2D eigenvalue weighted by Gasteiger charge is 2.32. The van der Waals surface area contributed by atoms with Gasteiger partial charge in [0.15, 0.2) is 21.3 Å². The van der Waals surface area contributed by atoms with Crippen molar-refractivity contribution < 1.29 is 30.7 Å². The molecule has 0 spiro atoms. The van der Waals surface area contributed by atoms with E-state index in [0.29, 0.717) is 11.5 Å². The molecule has 0 radical (unpaired) electrons. The molecular formula is C19H16FNO6S3. The van der Waals surface area contributed by atoms with Crippen LogP contribution in [0.25, 0.3) is 0 Å². The molecule has 1 aromatic heterocycles. The summed E-state index contributed by atoms with van der Waals surface area (Å²) in [4.78, 5) is -0.0851. The second-order valence-corrected chi connectivity index (χ2v) is 11.5. The van der Waals surface area contributed by atoms with Crippen molar-refractivity contribution >= 4 is 31.2 Å². The fraction of sp³-hybridized carbons (Fsp3) is 0.158. The van der Waals surface area contributed by atoms with Crippen LogP contribution < -0.4 is 14.2 Å². The third-order valence-electron chi connectivity index (χ3n) is 4.50. The van der Waals surface area contributed by atoms with Crippen molar-refractivity contribution in [2.75, 3.05) is 13.3 Å². The summed E-state index contributed by atoms with van der Waals surface area (Å²) in [6.45, 7) is -0.430. The second-order valence-electron chi connectivity index (χ2n) is 6.38. The smallest absolute Gasteiger partial charge is 0.240 e. The SMILES string of the molecule is O=S(=O)(NC[C@H](c1ccc(F)cc1)S(=O)(=O)c1cccs1)c1ccc2c(c1)OCO2. The highest BCUT2D eigenvalue weighted by molar-refractivity contribution is 7.93. The summed E-state index contributed by atoms with van der Waals surface area (Å²) >= 11 is 1.03. The number of fused-ring (bicyclic) bond motifs is 1. The predicted molar refractivity (Wildman–Crippen MR) is 108 cm³/mol. The number of rotatable bonds is 7. The van der Waals surface area contributed by atoms with E-state index in [1.807, 2.05) is 0 Å². The third kappa shape index (κ3) is 4.06. The Labute approximate surface area is 177 Å². The maximum absolute atomic E-state index is 13.3. The molecule has 0 unspecified atom stereocenters. The predicted octanol–water partition coefficient (Wildman–Crippen LogP) is 3.11. The molecule has 1 atom stereocenters. The van der Waals surface area contributed by atoms with Crippen LogP contribution in [-0.4, -0.2) is 30.2 Å². The van der Waals surface area contributed by atoms with Gasteiger partial charge in [-0.25, -0.2) is 25.9 Å². The van der Waals surface area contributed by atoms with Gasteiger partial charge in [0.2, 0.25) is 16.8 Å². The van der Waals surface area contributed by atoms with E-state index >= 15 is 0 Å². The zero-order chi connectivity index (χ0) is 21.4. The molecule has 3 aromatic rings. The molecule has 2 aromatic carbocycles. The van der Waals surface area contributed by atoms with E-state index in [9.17, 15) is 21.2 Å². The molecule has 0 saturated carbocycles. The van der Waals surface area contributed by atoms with Crippen molar-refractivity contribution in [1.82, 2.24) is 4.72 Å². The quantitative estimate of drug-likeness (QED) is 0.571. The van der Waals surface area contributed by atoms with Crippen LogP contribution in [0.3, 0.4) is 0 Å². The molecule has 0 aliphatic carbocycles. The monoisotopic (exact) mass is 469 g/mol. The standard InChI is InChI=1S/C19H16FNO6S3/c20-14-5-3-13(4-6-14)18(29(22,23)19-2-1-9-28-19)11-21-30(24,25)15-7-8-16-17(10-15)27-12-26-16/h1-10,18,21H,11-12H2/t18-/m1/s1. The van der Waals surface area contributed by atoms with Gasteiger partial charge in [0, 0.05) is 12.6 Å². The number of halogens is 1. The zero-order valence-corrected chi connectivity index (χ0v) is 17.8. The van der Waals surface area contributed by atoms with Gasteiger partial charge >= 0.3 is 0 Å². The van der Waals surface area contributed by atoms with Gasteiger partial charge in [-0.2, -0.15) is 0 Å². The van der Waals surface area contributed by atoms with Gasteiger partial charge in [0.05, 0.1) is 4.90 Å². The van der Waals surface area contributed by atoms with Gasteiger partial charge in [0.25, 0.3) is 0 Å². The average molecular weight is 470 g/mol. The van der Waals surface area contributed by atoms with Crippen LogP contribution in [0.4, 0.5) is 4.39 Å². The molecule has 1 aliphatic heterocycles. The fourth-order valence-corrected chi connectivity index (χ4v) is 7.00. The first-order valence-corrected chi connectivity index (χ1v) is 12.6. The van der Waals surface area contributed by atoms with Crippen molar-refractivity contribution in [3.05, 3.63) is 71.4 Å². The van der Waals surface area contributed by atoms with Crippen LogP contribution in [0.15, 0.2) is 69.1 Å². The number of sulfone groups is 1. The summed E-state index contributed by atoms with van der Waals surface area (Å²) in [6, 6.07) is 12.1. The second kappa shape index (κ2) is 7.99. The molecule has 158 valence electrons. The Kier molecular flexibility index (Phi) is 5.53. The van der Waals surface area contributed by atoms with E-state index in [-0.39, 0.29) is 21.5 Å². The highest BCUT2D eigenvalue weighted by Crippen LogP contribution is 2.35. The van der Waals surface area contributed by atoms with Crippen molar-refractivity contribution in [3.63, 3.8) is 0 Å². The number of benzene rings is 2. The van der Waals surface area contributed by atoms with E-state index in [0.717, 1.165) is 23.5 Å². The van der Waals surface area contributed by atoms with Crippen LogP contribution >= 0.6 is 11.3 Å². The van der Waals surface area contributed by atoms with Crippen LogP contribution in [-0.2, 0) is 19.9 Å². The summed E-state index contributed by atoms with van der Waals surface area (Å²) < 4.78 is 78.0. The highest BCUT2D eigenvalue weighted by atomic mass is 32.2. The number of thiophene rings is 1. The van der Waals surface area contributed by atoms with Crippen molar-refractivity contribution in [2.24, 2.45) is 0 Å². The van der Waals surface area contributed by atoms with E-state index in [1.54, 1.807) is 11.4 Å². The molecule has 11 heteroatoms. The molecule has 0 fully saturated rings. The third-order valence-corrected chi connectivity index (χ3v) is 9.46. The van der Waals surface area contributed by atoms with Gasteiger partial charge in [-0.05, 0) is 41.3 Å². The van der Waals surface area contributed by atoms with Crippen LogP contribution in [0.5, 0.6) is 11.5 Å². The van der Waals surface area contributed by atoms with Gasteiger partial charge < -0.3 is 9.47 Å². The lowest BCUT2D eigenvalue weighted by Crippen LogP contribution is -2.31. The Balaban J connectivity index is 1.64. The van der Waals surface area contributed by atoms with Crippen molar-refractivity contribution in [1.29, 1.82) is 0 Å². The molecule has 30 heavy (non-hydrogen) atoms. The summed E-state index contributed by atoms with van der Waals surface area (Å²) in [6.07, 6.45) is 0. The van der Waals surface area contributed by atoms with E-state index < -0.39 is 37.5 Å². The molecule has 1 aliphatic rings. The van der Waals surface area contributed by atoms with Gasteiger partial charge in [-0.3, -0.25) is 0 Å². The number of hydrogen-bond acceptors (Lipinski definition) is 7. The molecule has 7 nitrogen and oxygen atoms in total. The van der Waals surface area contributed by atoms with Crippen LogP contribution in [0.2, 0.25) is 0 Å². The van der Waals surface area contributed by atoms with Crippen LogP contribution in [0, 0.1) is 5.82 Å². The van der Waals surface area contributed by atoms with E-state index in [1.165, 1.54) is 36.4 Å². The lowest BCUT2D eigenvalue weighted by Gasteiger charge is -2.18. The van der Waals surface area contributed by atoms with E-state index in [2.05, 4.69) is 4.72 Å². The number of ether oxygens (including phenoxy) is 2. The minimum atomic E-state index is -4.04. The van der Waals surface area contributed by atoms with Crippen molar-refractivity contribution in [3.8, 4) is 11.5 Å². The average Bonchev–Trinajstić information content (AvgIpc) is 3.41. The minimum absolute atomic E-state index is 0.00202. The normalized spacial score (nSPS) is 14.6. The fourth-order valence-electron chi connectivity index (χ4n) is 2.96. The maximum Gasteiger partial charge on any atom is 0.240 e. The zero-order valence-electron chi connectivity index (χ0n) is 15.3. The molecule has 4 rings (SSSR count). The largest absolute Gasteiger partial charge is 0.454 e. The lowest BCUT2D eigenvalue weighted by molar-refractivity contribution is 0.174. The summed E-state index contributed by atoms with van der Waals surface area (Å²) in [5.74, 6) is 0.199. The maximum atomic E-state index is 13.3. The van der Waals surface area contributed by atoms with Crippen LogP contribution in [0.1, 0.15) is 10.8 Å². The Morgan fingerprint density at radius 3 is 2.43 bits per heavy atom. The first-order valence-electron chi connectivity index (χ1n) is 8.69. The summed E-state index contributed by atoms with van der Waals surface area (Å²) in [5.41, 5.74) is 0.276. The number of hydrogen-bond donors (Lipinski definition) is 1.